The Bertz CT molecular complexity index is 3890. The Morgan fingerprint density at radius 2 is 0.974 bits per heavy atom. The summed E-state index contributed by atoms with van der Waals surface area (Å²) in [5, 5.41) is 27.7. The molecule has 1 heterocycles. The minimum absolute atomic E-state index is 0.0420. The third-order valence-electron chi connectivity index (χ3n) is 20.2. The summed E-state index contributed by atoms with van der Waals surface area (Å²) in [4.78, 5) is 198. The number of nitrogens with two attached hydrogens (primary N) is 1. The van der Waals surface area contributed by atoms with Crippen LogP contribution in [0.2, 0.25) is 0 Å². The monoisotopic (exact) mass is 1620 g/mol. The van der Waals surface area contributed by atoms with Crippen LogP contribution in [-0.2, 0) is 81.6 Å². The van der Waals surface area contributed by atoms with Crippen LogP contribution < -0.4 is 42.4 Å². The van der Waals surface area contributed by atoms with Crippen LogP contribution in [0.15, 0.2) is 114 Å². The van der Waals surface area contributed by atoms with E-state index in [0.29, 0.717) is 40.2 Å². The van der Waals surface area contributed by atoms with Gasteiger partial charge in [0.05, 0.1) is 30.0 Å². The Balaban J connectivity index is 1.45. The zero-order chi connectivity index (χ0) is 85.0. The molecule has 0 aliphatic carbocycles. The predicted molar refractivity (Wildman–Crippen MR) is 441 cm³/mol. The maximum atomic E-state index is 15.5. The van der Waals surface area contributed by atoms with Gasteiger partial charge in [0.25, 0.3) is 0 Å². The van der Waals surface area contributed by atoms with Gasteiger partial charge in [0.15, 0.2) is 0 Å². The average molecular weight is 1620 g/mol. The fraction of sp³-hybridized carbons (Fsp3) is 0.560. The van der Waals surface area contributed by atoms with Gasteiger partial charge < -0.3 is 76.9 Å². The number of nitrogens with one attached hydrogen (secondary N) is 6. The van der Waals surface area contributed by atoms with Crippen molar-refractivity contribution in [1.82, 2.24) is 61.3 Å². The highest BCUT2D eigenvalue weighted by atomic mass is 33.1. The lowest BCUT2D eigenvalue weighted by Crippen LogP contribution is -2.62. The minimum Gasteiger partial charge on any atom is -0.425 e. The number of piperidine rings is 1. The summed E-state index contributed by atoms with van der Waals surface area (Å²) in [7, 11) is 9.78. The summed E-state index contributed by atoms with van der Waals surface area (Å²) >= 11 is 0. The Labute approximate surface area is 680 Å². The molecule has 626 valence electrons. The summed E-state index contributed by atoms with van der Waals surface area (Å²) in [6, 6.07) is 17.3. The van der Waals surface area contributed by atoms with Gasteiger partial charge in [-0.2, -0.15) is 0 Å². The third kappa shape index (κ3) is 28.3. The standard InChI is InChI=1S/C84H123N13O15S2/c1-19-113-114-67-40-32-33-54(10)73(67)112-69(100)48-62(81(108)93(15)65(47-60-38-28-22-29-39-60)77(104)87-56(12)80(107)97-41-30-23-31-42-97)89-75(102)61(45-58-34-24-20-25-35-58)88-79(106)72(53(8)9)96(18)82(109)66(44-51(4)5)92(14)68(99)49-86-76(103)64(46-59-36-26-21-27-37-59)95(17)84(111)71(57(13)98)91-78(105)63(43-50(2)3)94(16)83(110)70(52(6)7)90-74(101)55(11)85/h20-22,24-29,32-40,50-53,55-57,61-66,70-72,98H,19,23,30-31,41-49,85H2,1-18H3,(H,86,103)(H,87,104)(H,88,106)(H,89,102)(H,90,101)(H,91,105)/t55-,56-,57+,61-,62-,63-,64-,65-,66-,70-,71-,72-/m0/s1. The lowest BCUT2D eigenvalue weighted by atomic mass is 9.96. The van der Waals surface area contributed by atoms with Crippen molar-refractivity contribution in [3.8, 4) is 5.75 Å². The molecule has 30 heteroatoms. The summed E-state index contributed by atoms with van der Waals surface area (Å²) in [6.07, 6.45) is 0.145. The lowest BCUT2D eigenvalue weighted by Gasteiger charge is -2.37. The van der Waals surface area contributed by atoms with Gasteiger partial charge in [-0.25, -0.2) is 0 Å². The van der Waals surface area contributed by atoms with Gasteiger partial charge in [0.1, 0.15) is 66.2 Å². The molecule has 28 nitrogen and oxygen atoms in total. The average Bonchev–Trinajstić information content (AvgIpc) is 0.811. The number of aryl methyl sites for hydroxylation is 1. The molecule has 0 spiro atoms. The van der Waals surface area contributed by atoms with E-state index in [1.807, 2.05) is 40.7 Å². The van der Waals surface area contributed by atoms with Crippen LogP contribution in [0.5, 0.6) is 5.75 Å². The van der Waals surface area contributed by atoms with Crippen LogP contribution in [0.25, 0.3) is 0 Å². The van der Waals surface area contributed by atoms with Gasteiger partial charge in [0, 0.05) is 73.3 Å². The van der Waals surface area contributed by atoms with Crippen molar-refractivity contribution in [1.29, 1.82) is 0 Å². The van der Waals surface area contributed by atoms with Gasteiger partial charge in [0.2, 0.25) is 70.9 Å². The number of amides is 12. The first-order valence-electron chi connectivity index (χ1n) is 39.4. The highest BCUT2D eigenvalue weighted by molar-refractivity contribution is 8.76. The molecule has 4 aromatic carbocycles. The number of para-hydroxylation sites is 1. The molecular formula is C84H123N13O15S2. The molecule has 4 aromatic rings. The fourth-order valence-corrected chi connectivity index (χ4v) is 15.3. The van der Waals surface area contributed by atoms with Crippen LogP contribution in [-0.4, -0.2) is 245 Å². The van der Waals surface area contributed by atoms with Gasteiger partial charge in [-0.15, -0.1) is 0 Å². The molecule has 5 rings (SSSR count). The van der Waals surface area contributed by atoms with E-state index in [2.05, 4.69) is 31.9 Å². The van der Waals surface area contributed by atoms with Crippen molar-refractivity contribution in [3.05, 3.63) is 131 Å². The Hall–Kier alpha value is -9.39. The second-order valence-electron chi connectivity index (χ2n) is 31.2. The topological polar surface area (TPSA) is 369 Å². The molecule has 114 heavy (non-hydrogen) atoms. The Morgan fingerprint density at radius 1 is 0.491 bits per heavy atom. The molecule has 12 amide bonds. The van der Waals surface area contributed by atoms with Crippen molar-refractivity contribution in [3.63, 3.8) is 0 Å². The molecule has 0 bridgehead atoms. The molecule has 1 aliphatic heterocycles. The number of esters is 1. The van der Waals surface area contributed by atoms with E-state index in [1.54, 1.807) is 150 Å². The molecule has 0 radical (unpaired) electrons. The van der Waals surface area contributed by atoms with Crippen molar-refractivity contribution in [2.75, 3.05) is 60.6 Å². The number of nitrogens with zero attached hydrogens (tertiary/aromatic N) is 6. The van der Waals surface area contributed by atoms with Gasteiger partial charge in [-0.3, -0.25) is 62.3 Å². The number of ether oxygens (including phenoxy) is 1. The Morgan fingerprint density at radius 3 is 1.48 bits per heavy atom. The van der Waals surface area contributed by atoms with E-state index in [1.165, 1.54) is 80.5 Å². The van der Waals surface area contributed by atoms with Crippen molar-refractivity contribution < 1.29 is 72.2 Å². The number of carbonyl (C=O) groups excluding carboxylic acids is 13. The van der Waals surface area contributed by atoms with Gasteiger partial charge in [-0.1, -0.05) is 187 Å². The van der Waals surface area contributed by atoms with Crippen LogP contribution in [0.4, 0.5) is 0 Å². The van der Waals surface area contributed by atoms with Crippen LogP contribution in [0.3, 0.4) is 0 Å². The van der Waals surface area contributed by atoms with Crippen molar-refractivity contribution >= 4 is 98.4 Å². The van der Waals surface area contributed by atoms with Crippen LogP contribution in [0, 0.1) is 30.6 Å². The first-order valence-corrected chi connectivity index (χ1v) is 41.7. The second kappa shape index (κ2) is 46.2. The number of carbonyl (C=O) groups is 13. The molecule has 0 saturated carbocycles. The van der Waals surface area contributed by atoms with E-state index >= 15 is 19.2 Å². The number of aliphatic hydroxyl groups is 1. The number of rotatable bonds is 42. The van der Waals surface area contributed by atoms with E-state index < -0.39 is 168 Å². The lowest BCUT2D eigenvalue weighted by molar-refractivity contribution is -0.150. The summed E-state index contributed by atoms with van der Waals surface area (Å²) < 4.78 is 6.08. The van der Waals surface area contributed by atoms with E-state index in [4.69, 9.17) is 10.5 Å². The summed E-state index contributed by atoms with van der Waals surface area (Å²) in [5.41, 5.74) is 8.26. The third-order valence-corrected chi connectivity index (χ3v) is 22.6. The van der Waals surface area contributed by atoms with E-state index in [0.717, 1.165) is 39.7 Å². The highest BCUT2D eigenvalue weighted by Crippen LogP contribution is 2.39. The highest BCUT2D eigenvalue weighted by Gasteiger charge is 2.43. The maximum Gasteiger partial charge on any atom is 0.313 e. The first-order chi connectivity index (χ1) is 53.8. The van der Waals surface area contributed by atoms with Gasteiger partial charge in [-0.05, 0) is 112 Å². The Kier molecular flexibility index (Phi) is 38.6. The SMILES string of the molecule is CCSSc1cccc(C)c1OC(=O)C[C@H](NC(=O)[C@H](Cc1ccccc1)NC(=O)[C@H](C(C)C)N(C)C(=O)[C@H](CC(C)C)N(C)C(=O)CNC(=O)[C@H](Cc1ccccc1)N(C)C(=O)[C@@H](NC(=O)[C@H](CC(C)C)N(C)C(=O)[C@@H](NC(=O)[C@H](C)N)C(C)C)[C@@H](C)O)C(=O)N(C)[C@@H](Cc1ccccc1)C(=O)N[C@@H](C)C(=O)N1CCCCC1. The zero-order valence-corrected chi connectivity index (χ0v) is 71.2. The summed E-state index contributed by atoms with van der Waals surface area (Å²) in [5.74, 6) is -10.1. The van der Waals surface area contributed by atoms with Crippen LogP contribution in [0.1, 0.15) is 144 Å². The molecule has 12 atom stereocenters. The normalized spacial score (nSPS) is 15.4. The second-order valence-corrected chi connectivity index (χ2v) is 33.8. The number of aliphatic hydroxyl groups excluding tert-OH is 1. The minimum atomic E-state index is -1.75. The number of hydrogen-bond donors (Lipinski definition) is 8. The molecule has 0 aromatic heterocycles. The predicted octanol–water partition coefficient (Wildman–Crippen LogP) is 5.62. The number of benzene rings is 4. The molecule has 1 fully saturated rings. The number of likely N-dealkylation sites (N-methyl/N-ethyl adjacent to an activating group) is 5. The van der Waals surface area contributed by atoms with Gasteiger partial charge >= 0.3 is 5.97 Å². The van der Waals surface area contributed by atoms with E-state index in [9.17, 15) is 48.3 Å². The molecular weight excluding hydrogens is 1500 g/mol. The largest absolute Gasteiger partial charge is 0.425 e. The smallest absolute Gasteiger partial charge is 0.313 e. The molecule has 1 saturated heterocycles. The van der Waals surface area contributed by atoms with E-state index in [-0.39, 0.29) is 55.6 Å². The first kappa shape index (κ1) is 95.2. The zero-order valence-electron chi connectivity index (χ0n) is 69.6. The van der Waals surface area contributed by atoms with Crippen molar-refractivity contribution in [2.45, 2.75) is 225 Å². The molecule has 1 aliphatic rings. The molecule has 0 unspecified atom stereocenters. The summed E-state index contributed by atoms with van der Waals surface area (Å²) in [6.45, 7) is 22.6. The fourth-order valence-electron chi connectivity index (χ4n) is 13.5. The van der Waals surface area contributed by atoms with Crippen molar-refractivity contribution in [2.24, 2.45) is 29.4 Å². The quantitative estimate of drug-likeness (QED) is 0.0152. The number of hydrogen-bond acceptors (Lipinski definition) is 18. The molecule has 9 N–H and O–H groups in total. The van der Waals surface area contributed by atoms with Crippen LogP contribution >= 0.6 is 21.6 Å². The maximum absolute atomic E-state index is 15.5. The number of likely N-dealkylation sites (tertiary alicyclic amines) is 1.